The Morgan fingerprint density at radius 1 is 1.00 bits per heavy atom. The number of carbonyl (C=O) groups is 2. The van der Waals surface area contributed by atoms with Crippen molar-refractivity contribution in [3.63, 3.8) is 0 Å². The molecule has 2 aliphatic rings. The van der Waals surface area contributed by atoms with Gasteiger partial charge in [-0.15, -0.1) is 0 Å². The molecule has 0 spiro atoms. The lowest BCUT2D eigenvalue weighted by atomic mass is 9.84. The first-order valence-corrected chi connectivity index (χ1v) is 14.2. The van der Waals surface area contributed by atoms with Crippen molar-refractivity contribution in [1.29, 1.82) is 0 Å². The number of carbonyl (C=O) groups excluding carboxylic acids is 2. The fourth-order valence-electron chi connectivity index (χ4n) is 6.12. The van der Waals surface area contributed by atoms with E-state index in [1.807, 2.05) is 61.5 Å². The minimum absolute atomic E-state index is 0.0343. The van der Waals surface area contributed by atoms with E-state index in [-0.39, 0.29) is 17.9 Å². The SMILES string of the molecule is COCCNC(=O)[C@@H]1C[C@@H]2CCCC[C@@H]2N1c1cc(C)cc(CNC(=O)c2ccc(-c3ccc(N)cc3)cc2)n1. The predicted octanol–water partition coefficient (Wildman–Crippen LogP) is 4.47. The van der Waals surface area contributed by atoms with Crippen molar-refractivity contribution in [2.24, 2.45) is 5.92 Å². The molecule has 210 valence electrons. The number of aryl methyl sites for hydroxylation is 1. The van der Waals surface area contributed by atoms with Gasteiger partial charge in [-0.1, -0.05) is 37.1 Å². The Labute approximate surface area is 236 Å². The molecule has 1 saturated carbocycles. The second-order valence-electron chi connectivity index (χ2n) is 10.9. The minimum atomic E-state index is -0.249. The summed E-state index contributed by atoms with van der Waals surface area (Å²) in [6.07, 6.45) is 5.45. The van der Waals surface area contributed by atoms with Gasteiger partial charge in [-0.2, -0.15) is 0 Å². The van der Waals surface area contributed by atoms with Gasteiger partial charge in [-0.05, 0) is 85.2 Å². The summed E-state index contributed by atoms with van der Waals surface area (Å²) in [7, 11) is 1.64. The number of ether oxygens (including phenoxy) is 1. The Balaban J connectivity index is 1.29. The summed E-state index contributed by atoms with van der Waals surface area (Å²) in [6, 6.07) is 19.3. The highest BCUT2D eigenvalue weighted by Gasteiger charge is 2.45. The zero-order chi connectivity index (χ0) is 28.1. The van der Waals surface area contributed by atoms with Gasteiger partial charge in [-0.3, -0.25) is 9.59 Å². The molecule has 5 rings (SSSR count). The van der Waals surface area contributed by atoms with E-state index >= 15 is 0 Å². The largest absolute Gasteiger partial charge is 0.399 e. The lowest BCUT2D eigenvalue weighted by Gasteiger charge is -2.35. The number of amides is 2. The van der Waals surface area contributed by atoms with Gasteiger partial charge in [-0.25, -0.2) is 4.98 Å². The predicted molar refractivity (Wildman–Crippen MR) is 158 cm³/mol. The first-order valence-electron chi connectivity index (χ1n) is 14.2. The number of benzene rings is 2. The number of nitrogens with two attached hydrogens (primary N) is 1. The number of anilines is 2. The van der Waals surface area contributed by atoms with Crippen LogP contribution in [0.2, 0.25) is 0 Å². The van der Waals surface area contributed by atoms with E-state index in [2.05, 4.69) is 21.6 Å². The van der Waals surface area contributed by atoms with E-state index in [4.69, 9.17) is 15.5 Å². The number of pyridine rings is 1. The van der Waals surface area contributed by atoms with Gasteiger partial charge in [0.25, 0.3) is 5.91 Å². The fourth-order valence-corrected chi connectivity index (χ4v) is 6.12. The maximum absolute atomic E-state index is 13.2. The third kappa shape index (κ3) is 6.28. The molecule has 0 radical (unpaired) electrons. The Hall–Kier alpha value is -3.91. The number of hydrogen-bond acceptors (Lipinski definition) is 6. The van der Waals surface area contributed by atoms with Gasteiger partial charge in [0, 0.05) is 30.9 Å². The van der Waals surface area contributed by atoms with Crippen LogP contribution in [0, 0.1) is 12.8 Å². The molecule has 1 aliphatic carbocycles. The number of methoxy groups -OCH3 is 1. The Morgan fingerprint density at radius 2 is 1.70 bits per heavy atom. The van der Waals surface area contributed by atoms with Crippen LogP contribution in [0.4, 0.5) is 11.5 Å². The molecule has 2 heterocycles. The van der Waals surface area contributed by atoms with Gasteiger partial charge in [0.2, 0.25) is 5.91 Å². The van der Waals surface area contributed by atoms with E-state index in [1.54, 1.807) is 7.11 Å². The van der Waals surface area contributed by atoms with Crippen molar-refractivity contribution in [2.45, 2.75) is 57.7 Å². The topological polar surface area (TPSA) is 110 Å². The number of rotatable bonds is 9. The Morgan fingerprint density at radius 3 is 2.42 bits per heavy atom. The number of hydrogen-bond donors (Lipinski definition) is 3. The van der Waals surface area contributed by atoms with Crippen molar-refractivity contribution in [2.75, 3.05) is 30.9 Å². The van der Waals surface area contributed by atoms with Gasteiger partial charge in [0.1, 0.15) is 11.9 Å². The molecule has 2 amide bonds. The van der Waals surface area contributed by atoms with Gasteiger partial charge in [0.15, 0.2) is 0 Å². The Kier molecular flexibility index (Phi) is 8.65. The molecule has 1 aliphatic heterocycles. The third-order valence-corrected chi connectivity index (χ3v) is 8.09. The van der Waals surface area contributed by atoms with Crippen molar-refractivity contribution < 1.29 is 14.3 Å². The highest BCUT2D eigenvalue weighted by molar-refractivity contribution is 5.94. The standard InChI is InChI=1S/C32H39N5O3/c1-21-17-27(20-35-31(38)24-9-7-22(8-10-24)23-11-13-26(33)14-12-23)36-30(18-21)37-28-6-4-3-5-25(28)19-29(37)32(39)34-15-16-40-2/h7-14,17-18,25,28-29H,3-6,15-16,19-20,33H2,1-2H3,(H,34,39)(H,35,38)/t25-,28-,29-/m0/s1. The number of nitrogens with one attached hydrogen (secondary N) is 2. The molecule has 3 aromatic rings. The van der Waals surface area contributed by atoms with Crippen LogP contribution in [-0.4, -0.2) is 49.1 Å². The van der Waals surface area contributed by atoms with Gasteiger partial charge >= 0.3 is 0 Å². The lowest BCUT2D eigenvalue weighted by Crippen LogP contribution is -2.48. The normalized spacial score (nSPS) is 20.1. The average Bonchev–Trinajstić information content (AvgIpc) is 3.36. The van der Waals surface area contributed by atoms with E-state index in [9.17, 15) is 9.59 Å². The van der Waals surface area contributed by atoms with Crippen LogP contribution in [0.3, 0.4) is 0 Å². The van der Waals surface area contributed by atoms with Crippen LogP contribution in [0.5, 0.6) is 0 Å². The zero-order valence-corrected chi connectivity index (χ0v) is 23.4. The quantitative estimate of drug-likeness (QED) is 0.272. The lowest BCUT2D eigenvalue weighted by molar-refractivity contribution is -0.122. The first kappa shape index (κ1) is 27.6. The maximum atomic E-state index is 13.2. The zero-order valence-electron chi connectivity index (χ0n) is 23.4. The van der Waals surface area contributed by atoms with Crippen LogP contribution in [0.1, 0.15) is 53.7 Å². The molecule has 3 atom stereocenters. The smallest absolute Gasteiger partial charge is 0.251 e. The second kappa shape index (κ2) is 12.5. The van der Waals surface area contributed by atoms with Crippen LogP contribution in [0.25, 0.3) is 11.1 Å². The Bertz CT molecular complexity index is 1330. The molecule has 8 heteroatoms. The second-order valence-corrected chi connectivity index (χ2v) is 10.9. The summed E-state index contributed by atoms with van der Waals surface area (Å²) >= 11 is 0. The molecule has 2 fully saturated rings. The minimum Gasteiger partial charge on any atom is -0.399 e. The molecule has 8 nitrogen and oxygen atoms in total. The van der Waals surface area contributed by atoms with Gasteiger partial charge in [0.05, 0.1) is 18.8 Å². The number of nitrogen functional groups attached to an aromatic ring is 1. The number of aromatic nitrogens is 1. The van der Waals surface area contributed by atoms with E-state index in [1.165, 1.54) is 12.8 Å². The summed E-state index contributed by atoms with van der Waals surface area (Å²) in [5, 5.41) is 6.07. The molecule has 1 saturated heterocycles. The molecule has 1 aromatic heterocycles. The van der Waals surface area contributed by atoms with Crippen molar-refractivity contribution in [1.82, 2.24) is 15.6 Å². The average molecular weight is 542 g/mol. The summed E-state index contributed by atoms with van der Waals surface area (Å²) in [5.74, 6) is 1.19. The third-order valence-electron chi connectivity index (χ3n) is 8.09. The highest BCUT2D eigenvalue weighted by Crippen LogP contribution is 2.42. The van der Waals surface area contributed by atoms with Gasteiger partial charge < -0.3 is 26.0 Å². The van der Waals surface area contributed by atoms with Crippen LogP contribution < -0.4 is 21.3 Å². The monoisotopic (exact) mass is 541 g/mol. The summed E-state index contributed by atoms with van der Waals surface area (Å²) in [4.78, 5) is 33.4. The molecule has 0 unspecified atom stereocenters. The highest BCUT2D eigenvalue weighted by atomic mass is 16.5. The molecule has 4 N–H and O–H groups in total. The van der Waals surface area contributed by atoms with Crippen LogP contribution >= 0.6 is 0 Å². The summed E-state index contributed by atoms with van der Waals surface area (Å²) in [5.41, 5.74) is 11.0. The molecule has 40 heavy (non-hydrogen) atoms. The molecule has 0 bridgehead atoms. The molecular formula is C32H39N5O3. The van der Waals surface area contributed by atoms with Crippen molar-refractivity contribution in [3.05, 3.63) is 77.5 Å². The fraction of sp³-hybridized carbons (Fsp3) is 0.406. The van der Waals surface area contributed by atoms with Crippen molar-refractivity contribution in [3.8, 4) is 11.1 Å². The van der Waals surface area contributed by atoms with Crippen LogP contribution in [0.15, 0.2) is 60.7 Å². The van der Waals surface area contributed by atoms with E-state index in [0.717, 1.165) is 53.2 Å². The van der Waals surface area contributed by atoms with E-state index < -0.39 is 0 Å². The van der Waals surface area contributed by atoms with Crippen LogP contribution in [-0.2, 0) is 16.1 Å². The summed E-state index contributed by atoms with van der Waals surface area (Å²) < 4.78 is 5.12. The van der Waals surface area contributed by atoms with E-state index in [0.29, 0.717) is 37.2 Å². The first-order chi connectivity index (χ1) is 19.4. The maximum Gasteiger partial charge on any atom is 0.251 e. The van der Waals surface area contributed by atoms with Crippen molar-refractivity contribution >= 4 is 23.3 Å². The molecular weight excluding hydrogens is 502 g/mol. The summed E-state index contributed by atoms with van der Waals surface area (Å²) in [6.45, 7) is 3.32. The number of nitrogens with zero attached hydrogens (tertiary/aromatic N) is 2. The number of fused-ring (bicyclic) bond motifs is 1. The molecule has 2 aromatic carbocycles.